The summed E-state index contributed by atoms with van der Waals surface area (Å²) in [5.41, 5.74) is 10.5. The summed E-state index contributed by atoms with van der Waals surface area (Å²) in [6.07, 6.45) is 5.02. The monoisotopic (exact) mass is 404 g/mol. The number of hydrogen-bond acceptors (Lipinski definition) is 7. The standard InChI is InChI=1S/C22H24N6O2/c1-13(29)20-17(12-28(27-20)15-6-8-24-9-7-15)14-10-16(21(23)25-11-14)22-26-18-4-2-3-5-19(18)30-22/h2-5,10-13,15,24,29H,6-9H2,1H3,(H2,23,25). The minimum absolute atomic E-state index is 0.316. The van der Waals surface area contributed by atoms with E-state index in [0.717, 1.165) is 42.6 Å². The Kier molecular flexibility index (Phi) is 4.72. The highest BCUT2D eigenvalue weighted by atomic mass is 16.3. The maximum atomic E-state index is 10.3. The van der Waals surface area contributed by atoms with Crippen molar-refractivity contribution in [3.8, 4) is 22.6 Å². The molecule has 0 bridgehead atoms. The second-order valence-electron chi connectivity index (χ2n) is 7.71. The van der Waals surface area contributed by atoms with Gasteiger partial charge >= 0.3 is 0 Å². The van der Waals surface area contributed by atoms with Crippen LogP contribution in [0.15, 0.2) is 47.1 Å². The molecule has 8 nitrogen and oxygen atoms in total. The Labute approximate surface area is 173 Å². The van der Waals surface area contributed by atoms with Gasteiger partial charge in [0, 0.05) is 23.5 Å². The SMILES string of the molecule is CC(O)c1nn(C2CCNCC2)cc1-c1cnc(N)c(-c2nc3ccccc3o2)c1. The number of aliphatic hydroxyl groups is 1. The number of benzene rings is 1. The van der Waals surface area contributed by atoms with Gasteiger partial charge in [0.15, 0.2) is 5.58 Å². The molecule has 154 valence electrons. The largest absolute Gasteiger partial charge is 0.436 e. The van der Waals surface area contributed by atoms with Crippen LogP contribution in [-0.4, -0.2) is 37.9 Å². The van der Waals surface area contributed by atoms with E-state index >= 15 is 0 Å². The molecule has 1 atom stereocenters. The minimum atomic E-state index is -0.701. The van der Waals surface area contributed by atoms with Crippen LogP contribution < -0.4 is 11.1 Å². The fourth-order valence-corrected chi connectivity index (χ4v) is 3.98. The van der Waals surface area contributed by atoms with Crippen LogP contribution in [0.25, 0.3) is 33.7 Å². The third kappa shape index (κ3) is 3.34. The molecule has 8 heteroatoms. The molecule has 1 unspecified atom stereocenters. The number of oxazole rings is 1. The summed E-state index contributed by atoms with van der Waals surface area (Å²) in [5, 5.41) is 18.4. The van der Waals surface area contributed by atoms with Gasteiger partial charge in [-0.1, -0.05) is 12.1 Å². The number of pyridine rings is 1. The number of rotatable bonds is 4. The smallest absolute Gasteiger partial charge is 0.231 e. The minimum Gasteiger partial charge on any atom is -0.436 e. The molecule has 1 saturated heterocycles. The molecule has 4 aromatic rings. The van der Waals surface area contributed by atoms with Crippen molar-refractivity contribution in [3.63, 3.8) is 0 Å². The lowest BCUT2D eigenvalue weighted by molar-refractivity contribution is 0.192. The zero-order valence-electron chi connectivity index (χ0n) is 16.7. The van der Waals surface area contributed by atoms with E-state index in [9.17, 15) is 5.11 Å². The van der Waals surface area contributed by atoms with Crippen molar-refractivity contribution in [1.82, 2.24) is 25.1 Å². The average Bonchev–Trinajstić information content (AvgIpc) is 3.39. The van der Waals surface area contributed by atoms with Crippen LogP contribution in [0.4, 0.5) is 5.82 Å². The highest BCUT2D eigenvalue weighted by Gasteiger charge is 2.22. The van der Waals surface area contributed by atoms with Crippen LogP contribution in [0.2, 0.25) is 0 Å². The van der Waals surface area contributed by atoms with Crippen LogP contribution in [0.1, 0.15) is 37.6 Å². The molecule has 0 amide bonds. The van der Waals surface area contributed by atoms with Gasteiger partial charge < -0.3 is 20.6 Å². The summed E-state index contributed by atoms with van der Waals surface area (Å²) in [6, 6.07) is 9.80. The second kappa shape index (κ2) is 7.55. The summed E-state index contributed by atoms with van der Waals surface area (Å²) in [5.74, 6) is 0.766. The first-order valence-electron chi connectivity index (χ1n) is 10.2. The number of nitrogen functional groups attached to an aromatic ring is 1. The van der Waals surface area contributed by atoms with Crippen LogP contribution in [0.5, 0.6) is 0 Å². The Bertz CT molecular complexity index is 1160. The van der Waals surface area contributed by atoms with Crippen LogP contribution in [0.3, 0.4) is 0 Å². The zero-order chi connectivity index (χ0) is 20.7. The summed E-state index contributed by atoms with van der Waals surface area (Å²) < 4.78 is 7.88. The topological polar surface area (TPSA) is 115 Å². The van der Waals surface area contributed by atoms with Crippen LogP contribution >= 0.6 is 0 Å². The first-order chi connectivity index (χ1) is 14.6. The first-order valence-corrected chi connectivity index (χ1v) is 10.2. The van der Waals surface area contributed by atoms with Crippen molar-refractivity contribution < 1.29 is 9.52 Å². The molecule has 0 aliphatic carbocycles. The van der Waals surface area contributed by atoms with Crippen molar-refractivity contribution in [3.05, 3.63) is 48.4 Å². The molecule has 4 N–H and O–H groups in total. The Hall–Kier alpha value is -3.23. The molecule has 1 aliphatic rings. The molecular formula is C22H24N6O2. The van der Waals surface area contributed by atoms with Gasteiger partial charge in [-0.25, -0.2) is 9.97 Å². The van der Waals surface area contributed by atoms with Gasteiger partial charge in [0.25, 0.3) is 0 Å². The van der Waals surface area contributed by atoms with Gasteiger partial charge in [-0.15, -0.1) is 0 Å². The van der Waals surface area contributed by atoms with Gasteiger partial charge in [-0.2, -0.15) is 5.10 Å². The number of aliphatic hydroxyl groups excluding tert-OH is 1. The van der Waals surface area contributed by atoms with E-state index in [0.29, 0.717) is 34.6 Å². The molecule has 0 radical (unpaired) electrons. The number of nitrogens with one attached hydrogen (secondary N) is 1. The van der Waals surface area contributed by atoms with Gasteiger partial charge in [0.05, 0.1) is 23.4 Å². The lowest BCUT2D eigenvalue weighted by Crippen LogP contribution is -2.29. The number of piperidine rings is 1. The van der Waals surface area contributed by atoms with Crippen molar-refractivity contribution in [2.45, 2.75) is 31.9 Å². The van der Waals surface area contributed by atoms with Crippen molar-refractivity contribution >= 4 is 16.9 Å². The summed E-state index contributed by atoms with van der Waals surface area (Å²) in [4.78, 5) is 8.92. The van der Waals surface area contributed by atoms with E-state index in [1.807, 2.05) is 41.2 Å². The van der Waals surface area contributed by atoms with Gasteiger partial charge in [-0.3, -0.25) is 4.68 Å². The third-order valence-corrected chi connectivity index (χ3v) is 5.59. The lowest BCUT2D eigenvalue weighted by Gasteiger charge is -2.22. The number of nitrogens with zero attached hydrogens (tertiary/aromatic N) is 4. The molecule has 1 fully saturated rings. The van der Waals surface area contributed by atoms with Gasteiger partial charge in [0.2, 0.25) is 5.89 Å². The molecule has 4 heterocycles. The number of aromatic nitrogens is 4. The molecule has 0 spiro atoms. The molecule has 5 rings (SSSR count). The van der Waals surface area contributed by atoms with E-state index < -0.39 is 6.10 Å². The predicted octanol–water partition coefficient (Wildman–Crippen LogP) is 3.31. The number of nitrogens with two attached hydrogens (primary N) is 1. The maximum Gasteiger partial charge on any atom is 0.231 e. The Morgan fingerprint density at radius 2 is 2.03 bits per heavy atom. The zero-order valence-corrected chi connectivity index (χ0v) is 16.7. The normalized spacial score (nSPS) is 16.2. The molecule has 3 aromatic heterocycles. The van der Waals surface area contributed by atoms with Crippen molar-refractivity contribution in [2.75, 3.05) is 18.8 Å². The molecular weight excluding hydrogens is 380 g/mol. The lowest BCUT2D eigenvalue weighted by atomic mass is 10.0. The highest BCUT2D eigenvalue weighted by Crippen LogP contribution is 2.34. The highest BCUT2D eigenvalue weighted by molar-refractivity contribution is 5.81. The van der Waals surface area contributed by atoms with E-state index in [2.05, 4.69) is 15.3 Å². The van der Waals surface area contributed by atoms with Crippen molar-refractivity contribution in [2.24, 2.45) is 0 Å². The molecule has 0 saturated carbocycles. The van der Waals surface area contributed by atoms with E-state index in [1.54, 1.807) is 13.1 Å². The number of hydrogen-bond donors (Lipinski definition) is 3. The third-order valence-electron chi connectivity index (χ3n) is 5.59. The fourth-order valence-electron chi connectivity index (χ4n) is 3.98. The fraction of sp³-hybridized carbons (Fsp3) is 0.318. The van der Waals surface area contributed by atoms with E-state index in [4.69, 9.17) is 15.2 Å². The number of fused-ring (bicyclic) bond motifs is 1. The molecule has 30 heavy (non-hydrogen) atoms. The van der Waals surface area contributed by atoms with Crippen LogP contribution in [-0.2, 0) is 0 Å². The second-order valence-corrected chi connectivity index (χ2v) is 7.71. The summed E-state index contributed by atoms with van der Waals surface area (Å²) in [7, 11) is 0. The summed E-state index contributed by atoms with van der Waals surface area (Å²) in [6.45, 7) is 3.66. The quantitative estimate of drug-likeness (QED) is 0.478. The van der Waals surface area contributed by atoms with Crippen LogP contribution in [0, 0.1) is 0 Å². The number of para-hydroxylation sites is 2. The Morgan fingerprint density at radius 1 is 1.23 bits per heavy atom. The van der Waals surface area contributed by atoms with E-state index in [1.165, 1.54) is 0 Å². The predicted molar refractivity (Wildman–Crippen MR) is 115 cm³/mol. The maximum absolute atomic E-state index is 10.3. The first kappa shape index (κ1) is 18.8. The van der Waals surface area contributed by atoms with E-state index in [-0.39, 0.29) is 0 Å². The number of anilines is 1. The average molecular weight is 404 g/mol. The molecule has 1 aliphatic heterocycles. The summed E-state index contributed by atoms with van der Waals surface area (Å²) >= 11 is 0. The Morgan fingerprint density at radius 3 is 2.80 bits per heavy atom. The Balaban J connectivity index is 1.58. The van der Waals surface area contributed by atoms with Gasteiger partial charge in [-0.05, 0) is 51.1 Å². The van der Waals surface area contributed by atoms with Gasteiger partial charge in [0.1, 0.15) is 11.3 Å². The van der Waals surface area contributed by atoms with Crippen molar-refractivity contribution in [1.29, 1.82) is 0 Å². The molecule has 1 aromatic carbocycles.